The highest BCUT2D eigenvalue weighted by Crippen LogP contribution is 2.27. The van der Waals surface area contributed by atoms with Gasteiger partial charge in [-0.2, -0.15) is 0 Å². The van der Waals surface area contributed by atoms with Gasteiger partial charge in [0.1, 0.15) is 5.60 Å². The van der Waals surface area contributed by atoms with Crippen molar-refractivity contribution in [3.8, 4) is 0 Å². The standard InChI is InChI=1S/C25H39NO4S/c1-6-8-9-19(7-2)18-29-23(27)13-15-31-22-11-10-21-17-26(14-12-20(21)16-22)24(28)30-25(3,4)5/h10-11,16,19H,6-9,12-15,17-18H2,1-5H3. The van der Waals surface area contributed by atoms with Crippen LogP contribution >= 0.6 is 11.8 Å². The minimum Gasteiger partial charge on any atom is -0.465 e. The lowest BCUT2D eigenvalue weighted by atomic mass is 10.0. The number of benzene rings is 1. The quantitative estimate of drug-likeness (QED) is 0.313. The Kier molecular flexibility index (Phi) is 10.2. The maximum atomic E-state index is 12.3. The Morgan fingerprint density at radius 3 is 2.65 bits per heavy atom. The normalized spacial score (nSPS) is 14.7. The second kappa shape index (κ2) is 12.4. The minimum atomic E-state index is -0.480. The van der Waals surface area contributed by atoms with Crippen LogP contribution in [0.25, 0.3) is 0 Å². The largest absolute Gasteiger partial charge is 0.465 e. The van der Waals surface area contributed by atoms with Gasteiger partial charge in [0.05, 0.1) is 13.0 Å². The number of esters is 1. The smallest absolute Gasteiger partial charge is 0.410 e. The molecular weight excluding hydrogens is 410 g/mol. The van der Waals surface area contributed by atoms with Crippen LogP contribution in [0.2, 0.25) is 0 Å². The number of amides is 1. The molecule has 0 fully saturated rings. The van der Waals surface area contributed by atoms with Crippen LogP contribution in [-0.4, -0.2) is 41.5 Å². The van der Waals surface area contributed by atoms with Crippen LogP contribution in [-0.2, 0) is 27.2 Å². The zero-order chi connectivity index (χ0) is 22.9. The van der Waals surface area contributed by atoms with E-state index in [1.165, 1.54) is 24.0 Å². The first kappa shape index (κ1) is 25.6. The van der Waals surface area contributed by atoms with Gasteiger partial charge in [0, 0.05) is 23.7 Å². The summed E-state index contributed by atoms with van der Waals surface area (Å²) in [5.41, 5.74) is 1.96. The van der Waals surface area contributed by atoms with E-state index in [1.54, 1.807) is 16.7 Å². The van der Waals surface area contributed by atoms with Gasteiger partial charge in [-0.25, -0.2) is 4.79 Å². The molecule has 0 N–H and O–H groups in total. The SMILES string of the molecule is CCCCC(CC)COC(=O)CCSc1ccc2c(c1)CCN(C(=O)OC(C)(C)C)C2. The van der Waals surface area contributed by atoms with Crippen molar-refractivity contribution in [2.24, 2.45) is 5.92 Å². The molecule has 1 heterocycles. The third-order valence-corrected chi connectivity index (χ3v) is 6.44. The van der Waals surface area contributed by atoms with E-state index in [4.69, 9.17) is 9.47 Å². The third-order valence-electron chi connectivity index (χ3n) is 5.44. The monoisotopic (exact) mass is 449 g/mol. The van der Waals surface area contributed by atoms with E-state index in [9.17, 15) is 9.59 Å². The molecule has 5 nitrogen and oxygen atoms in total. The molecule has 1 aliphatic heterocycles. The Bertz CT molecular complexity index is 729. The van der Waals surface area contributed by atoms with Gasteiger partial charge in [-0.3, -0.25) is 4.79 Å². The lowest BCUT2D eigenvalue weighted by molar-refractivity contribution is -0.144. The first-order valence-electron chi connectivity index (χ1n) is 11.6. The Morgan fingerprint density at radius 2 is 1.97 bits per heavy atom. The molecule has 1 aromatic carbocycles. The van der Waals surface area contributed by atoms with Crippen molar-refractivity contribution in [1.82, 2.24) is 4.90 Å². The van der Waals surface area contributed by atoms with Crippen molar-refractivity contribution in [2.75, 3.05) is 18.9 Å². The molecule has 1 atom stereocenters. The Hall–Kier alpha value is -1.69. The highest BCUT2D eigenvalue weighted by molar-refractivity contribution is 7.99. The van der Waals surface area contributed by atoms with Crippen LogP contribution in [0.4, 0.5) is 4.79 Å². The molecule has 31 heavy (non-hydrogen) atoms. The number of unbranched alkanes of at least 4 members (excludes halogenated alkanes) is 1. The number of fused-ring (bicyclic) bond motifs is 1. The van der Waals surface area contributed by atoms with Gasteiger partial charge in [0.2, 0.25) is 0 Å². The summed E-state index contributed by atoms with van der Waals surface area (Å²) in [5, 5.41) is 0. The number of carbonyl (C=O) groups is 2. The summed E-state index contributed by atoms with van der Waals surface area (Å²) >= 11 is 1.68. The van der Waals surface area contributed by atoms with Gasteiger partial charge in [0.25, 0.3) is 0 Å². The predicted molar refractivity (Wildman–Crippen MR) is 126 cm³/mol. The summed E-state index contributed by atoms with van der Waals surface area (Å²) in [7, 11) is 0. The van der Waals surface area contributed by atoms with Crippen molar-refractivity contribution in [2.45, 2.75) is 90.2 Å². The number of rotatable bonds is 10. The molecule has 1 amide bonds. The molecule has 0 radical (unpaired) electrons. The summed E-state index contributed by atoms with van der Waals surface area (Å²) in [6.45, 7) is 11.8. The second-order valence-corrected chi connectivity index (χ2v) is 10.4. The number of ether oxygens (including phenoxy) is 2. The fourth-order valence-electron chi connectivity index (χ4n) is 3.53. The highest BCUT2D eigenvalue weighted by Gasteiger charge is 2.25. The van der Waals surface area contributed by atoms with Gasteiger partial charge >= 0.3 is 12.1 Å². The number of hydrogen-bond acceptors (Lipinski definition) is 5. The van der Waals surface area contributed by atoms with E-state index in [2.05, 4.69) is 32.0 Å². The molecule has 0 spiro atoms. The molecule has 0 bridgehead atoms. The molecule has 6 heteroatoms. The van der Waals surface area contributed by atoms with E-state index >= 15 is 0 Å². The molecule has 174 valence electrons. The van der Waals surface area contributed by atoms with E-state index in [1.807, 2.05) is 20.8 Å². The van der Waals surface area contributed by atoms with Crippen LogP contribution < -0.4 is 0 Å². The first-order valence-corrected chi connectivity index (χ1v) is 12.6. The Balaban J connectivity index is 1.76. The molecule has 1 aliphatic rings. The molecule has 0 saturated heterocycles. The average molecular weight is 450 g/mol. The minimum absolute atomic E-state index is 0.103. The fourth-order valence-corrected chi connectivity index (χ4v) is 4.43. The molecule has 0 aliphatic carbocycles. The second-order valence-electron chi connectivity index (χ2n) is 9.28. The number of thioether (sulfide) groups is 1. The van der Waals surface area contributed by atoms with Crippen LogP contribution in [0.5, 0.6) is 0 Å². The van der Waals surface area contributed by atoms with Gasteiger partial charge < -0.3 is 14.4 Å². The van der Waals surface area contributed by atoms with Crippen molar-refractivity contribution in [1.29, 1.82) is 0 Å². The van der Waals surface area contributed by atoms with Crippen molar-refractivity contribution in [3.63, 3.8) is 0 Å². The highest BCUT2D eigenvalue weighted by atomic mass is 32.2. The summed E-state index contributed by atoms with van der Waals surface area (Å²) in [6, 6.07) is 6.35. The van der Waals surface area contributed by atoms with Crippen molar-refractivity contribution >= 4 is 23.8 Å². The molecule has 2 rings (SSSR count). The van der Waals surface area contributed by atoms with Gasteiger partial charge in [-0.05, 0) is 62.8 Å². The summed E-state index contributed by atoms with van der Waals surface area (Å²) in [5.74, 6) is 1.10. The Labute approximate surface area is 192 Å². The van der Waals surface area contributed by atoms with Crippen LogP contribution in [0.1, 0.15) is 77.8 Å². The van der Waals surface area contributed by atoms with E-state index in [0.29, 0.717) is 37.8 Å². The van der Waals surface area contributed by atoms with Crippen LogP contribution in [0.15, 0.2) is 23.1 Å². The Morgan fingerprint density at radius 1 is 1.19 bits per heavy atom. The lowest BCUT2D eigenvalue weighted by Gasteiger charge is -2.31. The molecular formula is C25H39NO4S. The van der Waals surface area contributed by atoms with Crippen molar-refractivity contribution < 1.29 is 19.1 Å². The summed E-state index contributed by atoms with van der Waals surface area (Å²) in [4.78, 5) is 27.3. The average Bonchev–Trinajstić information content (AvgIpc) is 2.72. The predicted octanol–water partition coefficient (Wildman–Crippen LogP) is 6.22. The van der Waals surface area contributed by atoms with Crippen molar-refractivity contribution in [3.05, 3.63) is 29.3 Å². The summed E-state index contributed by atoms with van der Waals surface area (Å²) < 4.78 is 11.0. The summed E-state index contributed by atoms with van der Waals surface area (Å²) in [6.07, 6.45) is 5.56. The fraction of sp³-hybridized carbons (Fsp3) is 0.680. The maximum Gasteiger partial charge on any atom is 0.410 e. The van der Waals surface area contributed by atoms with Gasteiger partial charge in [-0.1, -0.05) is 39.2 Å². The van der Waals surface area contributed by atoms with E-state index in [-0.39, 0.29) is 12.1 Å². The number of hydrogen-bond donors (Lipinski definition) is 0. The third kappa shape index (κ3) is 9.14. The van der Waals surface area contributed by atoms with Crippen LogP contribution in [0.3, 0.4) is 0 Å². The molecule has 1 aromatic rings. The molecule has 0 saturated carbocycles. The van der Waals surface area contributed by atoms with E-state index < -0.39 is 5.60 Å². The van der Waals surface area contributed by atoms with Gasteiger partial charge in [0.15, 0.2) is 0 Å². The maximum absolute atomic E-state index is 12.3. The first-order chi connectivity index (χ1) is 14.7. The molecule has 0 aromatic heterocycles. The number of carbonyl (C=O) groups excluding carboxylic acids is 2. The lowest BCUT2D eigenvalue weighted by Crippen LogP contribution is -2.39. The number of nitrogens with zero attached hydrogens (tertiary/aromatic N) is 1. The zero-order valence-corrected chi connectivity index (χ0v) is 20.7. The van der Waals surface area contributed by atoms with Crippen LogP contribution in [0, 0.1) is 5.92 Å². The molecule has 1 unspecified atom stereocenters. The van der Waals surface area contributed by atoms with E-state index in [0.717, 1.165) is 24.2 Å². The van der Waals surface area contributed by atoms with Gasteiger partial charge in [-0.15, -0.1) is 11.8 Å². The topological polar surface area (TPSA) is 55.8 Å². The zero-order valence-electron chi connectivity index (χ0n) is 19.9.